The number of nitrogens with zero attached hydrogens (tertiary/aromatic N) is 1. The van der Waals surface area contributed by atoms with Gasteiger partial charge in [-0.1, -0.05) is 6.58 Å². The molecule has 0 amide bonds. The highest BCUT2D eigenvalue weighted by atomic mass is 35.5. The van der Waals surface area contributed by atoms with Gasteiger partial charge in [0.05, 0.1) is 39.6 Å². The number of rotatable bonds is 6. The first-order chi connectivity index (χ1) is 5.90. The van der Waals surface area contributed by atoms with E-state index in [1.165, 1.54) is 6.08 Å². The van der Waals surface area contributed by atoms with Gasteiger partial charge >= 0.3 is 0 Å². The second-order valence-electron chi connectivity index (χ2n) is 3.99. The Hall–Kier alpha value is -0.0900. The molecular weight excluding hydrogens is 225 g/mol. The van der Waals surface area contributed by atoms with Crippen LogP contribution in [0.15, 0.2) is 12.7 Å². The molecule has 1 unspecified atom stereocenters. The molecule has 0 fully saturated rings. The third-order valence-corrected chi connectivity index (χ3v) is 1.90. The molecule has 3 nitrogen and oxygen atoms in total. The van der Waals surface area contributed by atoms with Crippen LogP contribution in [0.1, 0.15) is 6.42 Å². The third kappa shape index (κ3) is 7.33. The maximum atomic E-state index is 11.1. The lowest BCUT2D eigenvalue weighted by Gasteiger charge is -2.24. The van der Waals surface area contributed by atoms with Gasteiger partial charge in [-0.3, -0.25) is 9.08 Å². The maximum absolute atomic E-state index is 11.1. The summed E-state index contributed by atoms with van der Waals surface area (Å²) in [4.78, 5) is 11.1. The molecule has 0 radical (unpaired) electrons. The van der Waals surface area contributed by atoms with E-state index in [-0.39, 0.29) is 18.2 Å². The molecule has 0 aromatic rings. The first-order valence-electron chi connectivity index (χ1n) is 4.15. The van der Waals surface area contributed by atoms with Crippen molar-refractivity contribution < 1.29 is 26.0 Å². The Labute approximate surface area is 96.8 Å². The van der Waals surface area contributed by atoms with Crippen LogP contribution in [0, 0.1) is 0 Å². The summed E-state index contributed by atoms with van der Waals surface area (Å²) in [5.41, 5.74) is 0. The first-order valence-corrected chi connectivity index (χ1v) is 4.45. The molecule has 0 spiro atoms. The van der Waals surface area contributed by atoms with Crippen molar-refractivity contribution in [3.63, 3.8) is 0 Å². The molecule has 0 saturated heterocycles. The fourth-order valence-electron chi connectivity index (χ4n) is 0.867. The molecule has 0 aromatic heterocycles. The Morgan fingerprint density at radius 3 is 2.36 bits per heavy atom. The Morgan fingerprint density at radius 2 is 2.07 bits per heavy atom. The minimum absolute atomic E-state index is 0. The Bertz CT molecular complexity index is 190. The molecule has 0 saturated carbocycles. The molecule has 0 aliphatic rings. The van der Waals surface area contributed by atoms with Gasteiger partial charge in [-0.2, -0.15) is 0 Å². The van der Waals surface area contributed by atoms with E-state index in [9.17, 15) is 4.79 Å². The van der Waals surface area contributed by atoms with Gasteiger partial charge in [-0.25, -0.2) is 0 Å². The number of ketones is 1. The zero-order valence-corrected chi connectivity index (χ0v) is 10.3. The second kappa shape index (κ2) is 7.23. The summed E-state index contributed by atoms with van der Waals surface area (Å²) >= 11 is 5.19. The molecule has 14 heavy (non-hydrogen) atoms. The smallest absolute Gasteiger partial charge is 0.185 e. The summed E-state index contributed by atoms with van der Waals surface area (Å²) in [5, 5.41) is 0. The highest BCUT2D eigenvalue weighted by molar-refractivity contribution is 6.09. The normalized spacial score (nSPS) is 12.9. The number of carbonyl (C=O) groups is 1. The molecule has 5 heteroatoms. The summed E-state index contributed by atoms with van der Waals surface area (Å²) in [7, 11) is 6.14. The quantitative estimate of drug-likeness (QED) is 0.413. The molecule has 0 N–H and O–H groups in total. The Balaban J connectivity index is 0. The third-order valence-electron chi connectivity index (χ3n) is 1.69. The van der Waals surface area contributed by atoms with Crippen LogP contribution in [0.4, 0.5) is 0 Å². The summed E-state index contributed by atoms with van der Waals surface area (Å²) < 4.78 is 5.32. The standard InChI is InChI=1S/C9H17ClNO2.ClH/c1-5-8(12)9(13-10)6-7-11(2,3)4;/h5,9H,1,6-7H2,2-4H3;1H/q+1;/p-1. The van der Waals surface area contributed by atoms with Crippen molar-refractivity contribution in [2.75, 3.05) is 27.7 Å². The summed E-state index contributed by atoms with van der Waals surface area (Å²) in [6.07, 6.45) is 1.29. The first kappa shape index (κ1) is 16.3. The minimum atomic E-state index is -0.559. The number of carbonyl (C=O) groups excluding carboxylic acids is 1. The lowest BCUT2D eigenvalue weighted by Crippen LogP contribution is -3.00. The van der Waals surface area contributed by atoms with E-state index in [2.05, 4.69) is 10.9 Å². The van der Waals surface area contributed by atoms with Crippen LogP contribution in [0.5, 0.6) is 0 Å². The van der Waals surface area contributed by atoms with E-state index >= 15 is 0 Å². The van der Waals surface area contributed by atoms with E-state index in [4.69, 9.17) is 11.9 Å². The van der Waals surface area contributed by atoms with Gasteiger partial charge in [0, 0.05) is 6.42 Å². The van der Waals surface area contributed by atoms with Crippen molar-refractivity contribution in [2.45, 2.75) is 12.5 Å². The van der Waals surface area contributed by atoms with Crippen molar-refractivity contribution in [1.82, 2.24) is 0 Å². The van der Waals surface area contributed by atoms with Crippen LogP contribution in [0.3, 0.4) is 0 Å². The van der Waals surface area contributed by atoms with Crippen LogP contribution in [0.25, 0.3) is 0 Å². The number of halogens is 2. The topological polar surface area (TPSA) is 26.3 Å². The number of hydrogen-bond acceptors (Lipinski definition) is 2. The van der Waals surface area contributed by atoms with Crippen molar-refractivity contribution in [3.8, 4) is 0 Å². The monoisotopic (exact) mass is 241 g/mol. The fourth-order valence-corrected chi connectivity index (χ4v) is 1.04. The van der Waals surface area contributed by atoms with E-state index < -0.39 is 6.10 Å². The van der Waals surface area contributed by atoms with Crippen LogP contribution in [0.2, 0.25) is 0 Å². The van der Waals surface area contributed by atoms with Crippen LogP contribution in [-0.2, 0) is 9.08 Å². The lowest BCUT2D eigenvalue weighted by atomic mass is 10.1. The van der Waals surface area contributed by atoms with Crippen molar-refractivity contribution >= 4 is 17.6 Å². The van der Waals surface area contributed by atoms with Gasteiger partial charge in [0.2, 0.25) is 0 Å². The predicted molar refractivity (Wildman–Crippen MR) is 53.4 cm³/mol. The van der Waals surface area contributed by atoms with E-state index in [0.29, 0.717) is 6.42 Å². The zero-order valence-electron chi connectivity index (χ0n) is 8.80. The SMILES string of the molecule is C=CC(=O)C(CC[N+](C)(C)C)OCl.[Cl-]. The molecule has 0 bridgehead atoms. The van der Waals surface area contributed by atoms with Gasteiger partial charge in [-0.15, -0.1) is 0 Å². The van der Waals surface area contributed by atoms with E-state index in [1.54, 1.807) is 0 Å². The molecule has 0 aromatic carbocycles. The van der Waals surface area contributed by atoms with Crippen molar-refractivity contribution in [2.24, 2.45) is 0 Å². The van der Waals surface area contributed by atoms with Gasteiger partial charge < -0.3 is 16.9 Å². The van der Waals surface area contributed by atoms with Crippen molar-refractivity contribution in [3.05, 3.63) is 12.7 Å². The zero-order chi connectivity index (χ0) is 10.5. The number of hydrogen-bond donors (Lipinski definition) is 0. The summed E-state index contributed by atoms with van der Waals surface area (Å²) in [6.45, 7) is 4.21. The highest BCUT2D eigenvalue weighted by Gasteiger charge is 2.19. The van der Waals surface area contributed by atoms with Gasteiger partial charge in [0.15, 0.2) is 5.78 Å². The molecule has 0 aliphatic carbocycles. The summed E-state index contributed by atoms with van der Waals surface area (Å²) in [5.74, 6) is -0.163. The number of quaternary nitrogens is 1. The molecular formula is C9H17Cl2NO2. The fraction of sp³-hybridized carbons (Fsp3) is 0.667. The lowest BCUT2D eigenvalue weighted by molar-refractivity contribution is -0.870. The average Bonchev–Trinajstić information content (AvgIpc) is 2.03. The van der Waals surface area contributed by atoms with Gasteiger partial charge in [0.25, 0.3) is 0 Å². The summed E-state index contributed by atoms with van der Waals surface area (Å²) in [6, 6.07) is 0. The Kier molecular flexibility index (Phi) is 8.45. The van der Waals surface area contributed by atoms with Gasteiger partial charge in [0.1, 0.15) is 6.10 Å². The largest absolute Gasteiger partial charge is 1.00 e. The van der Waals surface area contributed by atoms with Crippen LogP contribution >= 0.6 is 11.9 Å². The molecule has 0 heterocycles. The molecule has 84 valence electrons. The average molecular weight is 242 g/mol. The minimum Gasteiger partial charge on any atom is -1.00 e. The van der Waals surface area contributed by atoms with Crippen LogP contribution < -0.4 is 12.4 Å². The van der Waals surface area contributed by atoms with E-state index in [0.717, 1.165) is 11.0 Å². The molecule has 0 rings (SSSR count). The predicted octanol–water partition coefficient (Wildman–Crippen LogP) is -1.62. The van der Waals surface area contributed by atoms with Crippen LogP contribution in [-0.4, -0.2) is 44.1 Å². The molecule has 1 atom stereocenters. The molecule has 0 aliphatic heterocycles. The second-order valence-corrected chi connectivity index (χ2v) is 4.17. The highest BCUT2D eigenvalue weighted by Crippen LogP contribution is 2.06. The van der Waals surface area contributed by atoms with Crippen molar-refractivity contribution in [1.29, 1.82) is 0 Å². The van der Waals surface area contributed by atoms with E-state index in [1.807, 2.05) is 21.1 Å². The Morgan fingerprint density at radius 1 is 1.57 bits per heavy atom. The van der Waals surface area contributed by atoms with Gasteiger partial charge in [-0.05, 0) is 6.08 Å². The maximum Gasteiger partial charge on any atom is 0.185 e.